The quantitative estimate of drug-likeness (QED) is 0.131. The van der Waals surface area contributed by atoms with E-state index in [0.717, 1.165) is 18.1 Å². The van der Waals surface area contributed by atoms with E-state index >= 15 is 4.39 Å². The molecule has 0 bridgehead atoms. The first-order valence-corrected chi connectivity index (χ1v) is 20.3. The largest absolute Gasteiger partial charge is 0.453 e. The van der Waals surface area contributed by atoms with E-state index < -0.39 is 48.1 Å². The SMILES string of the molecule is COC(=O)NC(C(=O)N1CC(C)CC1c1ncc(C2=CC=C(C3=CC(F)=C(NC(=O)c4ccc(NCC(C)NC(=O)C5CC5(C)C)nc4)CC3C(F)(F)F)CC2)[nH]1)C(C)C. The van der Waals surface area contributed by atoms with Crippen LogP contribution in [0.3, 0.4) is 0 Å². The van der Waals surface area contributed by atoms with Crippen LogP contribution < -0.4 is 21.3 Å². The fourth-order valence-corrected chi connectivity index (χ4v) is 8.06. The summed E-state index contributed by atoms with van der Waals surface area (Å²) in [7, 11) is 1.23. The maximum atomic E-state index is 15.6. The standard InChI is InChI=1S/C43H54F4N8O5/c1-22(2)36(54-41(59)60-7)40(58)55-21-23(3)14-34(55)37-50-20-33(52-37)26-10-8-25(9-11-26)28-15-31(44)32(16-29(28)43(45,46)47)53-38(56)27-12-13-35(49-19-27)48-18-24(4)51-39(57)30-17-42(30,5)6/h8,10,12-13,15,19-20,22-24,29-30,34,36H,9,11,14,16-18,21H2,1-7H3,(H,48,49)(H,50,52)(H,51,57)(H,53,56)(H,54,59). The van der Waals surface area contributed by atoms with Crippen LogP contribution in [0.4, 0.5) is 28.2 Å². The molecule has 3 heterocycles. The highest BCUT2D eigenvalue weighted by Crippen LogP contribution is 2.51. The molecule has 2 fully saturated rings. The number of hydrogen-bond acceptors (Lipinski definition) is 8. The van der Waals surface area contributed by atoms with Crippen LogP contribution in [-0.2, 0) is 14.3 Å². The number of alkyl halides is 3. The van der Waals surface area contributed by atoms with Gasteiger partial charge in [0.05, 0.1) is 42.2 Å². The van der Waals surface area contributed by atoms with Gasteiger partial charge in [-0.25, -0.2) is 19.2 Å². The van der Waals surface area contributed by atoms with Gasteiger partial charge in [0, 0.05) is 37.7 Å². The number of amides is 4. The number of carbonyl (C=O) groups is 4. The number of H-pyrrole nitrogens is 1. The average molecular weight is 839 g/mol. The number of likely N-dealkylation sites (tertiary alicyclic amines) is 1. The fraction of sp³-hybridized carbons (Fsp3) is 0.535. The monoisotopic (exact) mass is 838 g/mol. The minimum Gasteiger partial charge on any atom is -0.453 e. The molecule has 6 rings (SSSR count). The first-order valence-electron chi connectivity index (χ1n) is 20.3. The van der Waals surface area contributed by atoms with E-state index in [9.17, 15) is 32.3 Å². The summed E-state index contributed by atoms with van der Waals surface area (Å²) >= 11 is 0. The fourth-order valence-electron chi connectivity index (χ4n) is 8.06. The highest BCUT2D eigenvalue weighted by atomic mass is 19.4. The zero-order valence-electron chi connectivity index (χ0n) is 34.9. The third kappa shape index (κ3) is 10.1. The highest BCUT2D eigenvalue weighted by molar-refractivity contribution is 5.95. The van der Waals surface area contributed by atoms with Gasteiger partial charge in [-0.05, 0) is 84.8 Å². The maximum absolute atomic E-state index is 15.6. The van der Waals surface area contributed by atoms with Gasteiger partial charge in [0.2, 0.25) is 11.8 Å². The molecule has 1 saturated heterocycles. The van der Waals surface area contributed by atoms with Crippen LogP contribution in [-0.4, -0.2) is 82.1 Å². The lowest BCUT2D eigenvalue weighted by molar-refractivity contribution is -0.163. The zero-order chi connectivity index (χ0) is 43.7. The van der Waals surface area contributed by atoms with E-state index in [1.54, 1.807) is 23.2 Å². The number of hydrogen-bond donors (Lipinski definition) is 5. The summed E-state index contributed by atoms with van der Waals surface area (Å²) in [5, 5.41) is 11.0. The Morgan fingerprint density at radius 3 is 2.33 bits per heavy atom. The molecule has 1 aliphatic heterocycles. The van der Waals surface area contributed by atoms with Gasteiger partial charge in [0.15, 0.2) is 0 Å². The smallest absolute Gasteiger partial charge is 0.407 e. The molecule has 13 nitrogen and oxygen atoms in total. The molecule has 4 amide bonds. The van der Waals surface area contributed by atoms with Crippen molar-refractivity contribution in [2.75, 3.05) is 25.5 Å². The number of alkyl carbamates (subject to hydrolysis) is 1. The molecule has 2 aromatic heterocycles. The van der Waals surface area contributed by atoms with Crippen LogP contribution in [0.2, 0.25) is 0 Å². The van der Waals surface area contributed by atoms with Crippen LogP contribution >= 0.6 is 0 Å². The molecule has 0 radical (unpaired) electrons. The summed E-state index contributed by atoms with van der Waals surface area (Å²) in [6.45, 7) is 12.5. The molecule has 6 atom stereocenters. The van der Waals surface area contributed by atoms with Gasteiger partial charge in [-0.15, -0.1) is 0 Å². The van der Waals surface area contributed by atoms with E-state index in [1.807, 2.05) is 41.5 Å². The predicted molar refractivity (Wildman–Crippen MR) is 216 cm³/mol. The first-order chi connectivity index (χ1) is 28.2. The van der Waals surface area contributed by atoms with Crippen LogP contribution in [0.5, 0.6) is 0 Å². The number of methoxy groups -OCH3 is 1. The van der Waals surface area contributed by atoms with E-state index in [2.05, 4.69) is 36.2 Å². The lowest BCUT2D eigenvalue weighted by atomic mass is 9.80. The number of ether oxygens (including phenoxy) is 1. The summed E-state index contributed by atoms with van der Waals surface area (Å²) in [6, 6.07) is 1.59. The summed E-state index contributed by atoms with van der Waals surface area (Å²) in [4.78, 5) is 64.9. The molecule has 0 spiro atoms. The van der Waals surface area contributed by atoms with Gasteiger partial charge in [-0.1, -0.05) is 46.8 Å². The number of halogens is 4. The zero-order valence-corrected chi connectivity index (χ0v) is 34.9. The Kier molecular flexibility index (Phi) is 12.9. The lowest BCUT2D eigenvalue weighted by Crippen LogP contribution is -2.51. The minimum atomic E-state index is -4.73. The lowest BCUT2D eigenvalue weighted by Gasteiger charge is -2.30. The molecule has 324 valence electrons. The molecule has 60 heavy (non-hydrogen) atoms. The van der Waals surface area contributed by atoms with Gasteiger partial charge in [-0.2, -0.15) is 13.2 Å². The molecule has 4 aliphatic rings. The topological polar surface area (TPSA) is 170 Å². The average Bonchev–Trinajstić information content (AvgIpc) is 3.48. The normalized spacial score (nSPS) is 23.5. The second-order valence-electron chi connectivity index (χ2n) is 17.4. The molecule has 3 aliphatic carbocycles. The van der Waals surface area contributed by atoms with E-state index in [1.165, 1.54) is 25.4 Å². The van der Waals surface area contributed by atoms with Crippen LogP contribution in [0, 0.1) is 29.1 Å². The molecular weight excluding hydrogens is 785 g/mol. The Morgan fingerprint density at radius 1 is 1.03 bits per heavy atom. The number of nitrogens with zero attached hydrogens (tertiary/aromatic N) is 3. The van der Waals surface area contributed by atoms with Crippen LogP contribution in [0.25, 0.3) is 5.57 Å². The summed E-state index contributed by atoms with van der Waals surface area (Å²) in [6.07, 6.45) is 2.79. The van der Waals surface area contributed by atoms with Crippen molar-refractivity contribution in [3.8, 4) is 0 Å². The van der Waals surface area contributed by atoms with Crippen molar-refractivity contribution in [1.29, 1.82) is 0 Å². The molecular formula is C43H54F4N8O5. The van der Waals surface area contributed by atoms with Crippen molar-refractivity contribution in [2.45, 2.75) is 97.9 Å². The predicted octanol–water partition coefficient (Wildman–Crippen LogP) is 7.28. The number of allylic oxidation sites excluding steroid dienone is 8. The molecule has 1 saturated carbocycles. The van der Waals surface area contributed by atoms with Gasteiger partial charge in [0.1, 0.15) is 23.5 Å². The summed E-state index contributed by atoms with van der Waals surface area (Å²) < 4.78 is 64.0. The van der Waals surface area contributed by atoms with E-state index in [4.69, 9.17) is 4.74 Å². The third-order valence-electron chi connectivity index (χ3n) is 11.8. The van der Waals surface area contributed by atoms with Gasteiger partial charge < -0.3 is 35.9 Å². The Balaban J connectivity index is 1.11. The molecule has 2 aromatic rings. The number of pyridine rings is 1. The van der Waals surface area contributed by atoms with E-state index in [-0.39, 0.29) is 64.6 Å². The van der Waals surface area contributed by atoms with Gasteiger partial charge >= 0.3 is 12.3 Å². The molecule has 0 aromatic carbocycles. The summed E-state index contributed by atoms with van der Waals surface area (Å²) in [5.74, 6) is -3.13. The number of anilines is 1. The molecule has 5 N–H and O–H groups in total. The Bertz CT molecular complexity index is 2100. The maximum Gasteiger partial charge on any atom is 0.407 e. The second kappa shape index (κ2) is 17.6. The second-order valence-corrected chi connectivity index (χ2v) is 17.4. The number of aromatic amines is 1. The van der Waals surface area contributed by atoms with Crippen molar-refractivity contribution in [3.05, 3.63) is 82.5 Å². The number of aromatic nitrogens is 3. The number of rotatable bonds is 13. The minimum absolute atomic E-state index is 0.00201. The Hall–Kier alpha value is -5.48. The van der Waals surface area contributed by atoms with Gasteiger partial charge in [-0.3, -0.25) is 14.4 Å². The first kappa shape index (κ1) is 44.1. The van der Waals surface area contributed by atoms with E-state index in [0.29, 0.717) is 48.8 Å². The number of imidazole rings is 1. The van der Waals surface area contributed by atoms with Crippen molar-refractivity contribution in [3.63, 3.8) is 0 Å². The van der Waals surface area contributed by atoms with Crippen LogP contribution in [0.1, 0.15) is 102 Å². The van der Waals surface area contributed by atoms with Crippen molar-refractivity contribution < 1.29 is 41.5 Å². The van der Waals surface area contributed by atoms with Crippen molar-refractivity contribution in [2.24, 2.45) is 29.1 Å². The van der Waals surface area contributed by atoms with Crippen molar-refractivity contribution >= 4 is 35.2 Å². The molecule has 17 heteroatoms. The summed E-state index contributed by atoms with van der Waals surface area (Å²) in [5.41, 5.74) is 1.14. The third-order valence-corrected chi connectivity index (χ3v) is 11.8. The Morgan fingerprint density at radius 2 is 1.73 bits per heavy atom. The molecule has 6 unspecified atom stereocenters. The highest BCUT2D eigenvalue weighted by Gasteiger charge is 2.51. The van der Waals surface area contributed by atoms with Crippen molar-refractivity contribution in [1.82, 2.24) is 35.8 Å². The Labute approximate surface area is 347 Å². The van der Waals surface area contributed by atoms with Gasteiger partial charge in [0.25, 0.3) is 5.91 Å². The van der Waals surface area contributed by atoms with Crippen LogP contribution in [0.15, 0.2) is 65.4 Å². The number of nitrogens with one attached hydrogen (secondary N) is 5. The number of carbonyl (C=O) groups excluding carboxylic acids is 4.